The summed E-state index contributed by atoms with van der Waals surface area (Å²) in [6, 6.07) is 4.60. The number of nitriles is 1. The molecule has 0 saturated carbocycles. The highest BCUT2D eigenvalue weighted by Gasteiger charge is 2.25. The standard InChI is InChI=1S/C14H19N3O4S/c1-4-17(5-2)22(19,20)11-6-7-13(16-9-11)12(8-15)14(18)10-21-3/h6-7,9,12H,4-5,10H2,1-3H3. The molecule has 0 aromatic carbocycles. The topological polar surface area (TPSA) is 100 Å². The smallest absolute Gasteiger partial charge is 0.244 e. The number of ether oxygens (including phenoxy) is 1. The molecule has 0 aliphatic heterocycles. The lowest BCUT2D eigenvalue weighted by Crippen LogP contribution is -2.30. The molecule has 22 heavy (non-hydrogen) atoms. The summed E-state index contributed by atoms with van der Waals surface area (Å²) in [5, 5.41) is 9.08. The van der Waals surface area contributed by atoms with Crippen molar-refractivity contribution in [1.82, 2.24) is 9.29 Å². The summed E-state index contributed by atoms with van der Waals surface area (Å²) in [4.78, 5) is 15.7. The number of carbonyl (C=O) groups is 1. The van der Waals surface area contributed by atoms with Crippen molar-refractivity contribution >= 4 is 15.8 Å². The van der Waals surface area contributed by atoms with Crippen LogP contribution in [0.15, 0.2) is 23.2 Å². The average molecular weight is 325 g/mol. The third kappa shape index (κ3) is 3.88. The van der Waals surface area contributed by atoms with Gasteiger partial charge in [0, 0.05) is 26.4 Å². The van der Waals surface area contributed by atoms with Crippen LogP contribution in [0, 0.1) is 11.3 Å². The van der Waals surface area contributed by atoms with E-state index in [0.717, 1.165) is 0 Å². The first-order valence-electron chi connectivity index (χ1n) is 6.79. The third-order valence-corrected chi connectivity index (χ3v) is 5.17. The Bertz CT molecular complexity index is 646. The molecule has 0 N–H and O–H groups in total. The Balaban J connectivity index is 3.10. The number of Topliss-reactive ketones (excluding diaryl/α,β-unsaturated/α-hetero) is 1. The van der Waals surface area contributed by atoms with Gasteiger partial charge in [-0.3, -0.25) is 9.78 Å². The first-order chi connectivity index (χ1) is 10.4. The van der Waals surface area contributed by atoms with E-state index >= 15 is 0 Å². The van der Waals surface area contributed by atoms with Gasteiger partial charge in [0.25, 0.3) is 0 Å². The lowest BCUT2D eigenvalue weighted by molar-refractivity contribution is -0.123. The van der Waals surface area contributed by atoms with Gasteiger partial charge in [0.2, 0.25) is 10.0 Å². The Hall–Kier alpha value is -1.82. The van der Waals surface area contributed by atoms with Crippen LogP contribution in [0.1, 0.15) is 25.5 Å². The van der Waals surface area contributed by atoms with Gasteiger partial charge in [-0.15, -0.1) is 0 Å². The molecule has 0 saturated heterocycles. The largest absolute Gasteiger partial charge is 0.377 e. The second kappa shape index (κ2) is 7.98. The summed E-state index contributed by atoms with van der Waals surface area (Å²) in [5.41, 5.74) is 0.211. The van der Waals surface area contributed by atoms with Gasteiger partial charge in [-0.05, 0) is 12.1 Å². The summed E-state index contributed by atoms with van der Waals surface area (Å²) in [5.74, 6) is -1.48. The van der Waals surface area contributed by atoms with E-state index in [1.54, 1.807) is 13.8 Å². The van der Waals surface area contributed by atoms with Gasteiger partial charge in [-0.1, -0.05) is 13.8 Å². The molecule has 0 spiro atoms. The number of carbonyl (C=O) groups excluding carboxylic acids is 1. The minimum atomic E-state index is -3.60. The van der Waals surface area contributed by atoms with Gasteiger partial charge < -0.3 is 4.74 Å². The summed E-state index contributed by atoms with van der Waals surface area (Å²) in [6.45, 7) is 4.01. The van der Waals surface area contributed by atoms with Crippen LogP contribution >= 0.6 is 0 Å². The average Bonchev–Trinajstić information content (AvgIpc) is 2.50. The zero-order valence-corrected chi connectivity index (χ0v) is 13.6. The summed E-state index contributed by atoms with van der Waals surface area (Å²) >= 11 is 0. The molecule has 120 valence electrons. The molecule has 0 radical (unpaired) electrons. The van der Waals surface area contributed by atoms with Gasteiger partial charge in [0.1, 0.15) is 17.4 Å². The van der Waals surface area contributed by atoms with Gasteiger partial charge >= 0.3 is 0 Å². The molecule has 1 atom stereocenters. The number of nitrogens with zero attached hydrogens (tertiary/aromatic N) is 3. The van der Waals surface area contributed by atoms with E-state index in [0.29, 0.717) is 13.1 Å². The molecule has 1 heterocycles. The lowest BCUT2D eigenvalue weighted by atomic mass is 10.0. The molecule has 0 bridgehead atoms. The number of pyridine rings is 1. The monoisotopic (exact) mass is 325 g/mol. The fourth-order valence-electron chi connectivity index (χ4n) is 1.96. The number of sulfonamides is 1. The van der Waals surface area contributed by atoms with E-state index in [4.69, 9.17) is 10.00 Å². The van der Waals surface area contributed by atoms with Crippen LogP contribution in [0.5, 0.6) is 0 Å². The maximum atomic E-state index is 12.3. The number of aromatic nitrogens is 1. The van der Waals surface area contributed by atoms with Crippen LogP contribution in [0.3, 0.4) is 0 Å². The SMILES string of the molecule is CCN(CC)S(=O)(=O)c1ccc(C(C#N)C(=O)COC)nc1. The third-order valence-electron chi connectivity index (χ3n) is 3.14. The van der Waals surface area contributed by atoms with E-state index < -0.39 is 21.7 Å². The fourth-order valence-corrected chi connectivity index (χ4v) is 3.36. The van der Waals surface area contributed by atoms with Crippen LogP contribution in [0.2, 0.25) is 0 Å². The second-order valence-electron chi connectivity index (χ2n) is 4.47. The zero-order valence-electron chi connectivity index (χ0n) is 12.8. The highest BCUT2D eigenvalue weighted by molar-refractivity contribution is 7.89. The van der Waals surface area contributed by atoms with Crippen molar-refractivity contribution in [3.05, 3.63) is 24.0 Å². The summed E-state index contributed by atoms with van der Waals surface area (Å²) < 4.78 is 30.7. The second-order valence-corrected chi connectivity index (χ2v) is 6.41. The normalized spacial score (nSPS) is 12.9. The Labute approximate surface area is 130 Å². The predicted octanol–water partition coefficient (Wildman–Crippen LogP) is 0.935. The van der Waals surface area contributed by atoms with Crippen molar-refractivity contribution in [1.29, 1.82) is 5.26 Å². The first-order valence-corrected chi connectivity index (χ1v) is 8.23. The molecule has 8 heteroatoms. The fraction of sp³-hybridized carbons (Fsp3) is 0.500. The number of hydrogen-bond acceptors (Lipinski definition) is 6. The van der Waals surface area contributed by atoms with E-state index in [2.05, 4.69) is 4.98 Å². The number of methoxy groups -OCH3 is 1. The van der Waals surface area contributed by atoms with Crippen LogP contribution in [0.25, 0.3) is 0 Å². The Morgan fingerprint density at radius 3 is 2.45 bits per heavy atom. The summed E-state index contributed by atoms with van der Waals surface area (Å²) in [7, 11) is -2.24. The minimum absolute atomic E-state index is 0.0378. The molecule has 0 aliphatic rings. The molecule has 1 aromatic rings. The maximum Gasteiger partial charge on any atom is 0.244 e. The number of rotatable bonds is 8. The van der Waals surface area contributed by atoms with Crippen LogP contribution in [0.4, 0.5) is 0 Å². The number of ketones is 1. The molecule has 7 nitrogen and oxygen atoms in total. The van der Waals surface area contributed by atoms with Crippen LogP contribution < -0.4 is 0 Å². The lowest BCUT2D eigenvalue weighted by Gasteiger charge is -2.18. The summed E-state index contributed by atoms with van der Waals surface area (Å²) in [6.07, 6.45) is 1.17. The Morgan fingerprint density at radius 2 is 2.05 bits per heavy atom. The quantitative estimate of drug-likeness (QED) is 0.705. The van der Waals surface area contributed by atoms with Crippen molar-refractivity contribution in [2.45, 2.75) is 24.7 Å². The van der Waals surface area contributed by atoms with Gasteiger partial charge in [0.05, 0.1) is 11.8 Å². The maximum absolute atomic E-state index is 12.3. The molecule has 0 amide bonds. The van der Waals surface area contributed by atoms with E-state index in [1.165, 1.54) is 29.7 Å². The zero-order chi connectivity index (χ0) is 16.8. The molecule has 1 unspecified atom stereocenters. The first kappa shape index (κ1) is 18.2. The van der Waals surface area contributed by atoms with Gasteiger partial charge in [-0.2, -0.15) is 9.57 Å². The Morgan fingerprint density at radius 1 is 1.41 bits per heavy atom. The van der Waals surface area contributed by atoms with Crippen molar-refractivity contribution in [2.75, 3.05) is 26.8 Å². The number of hydrogen-bond donors (Lipinski definition) is 0. The molecule has 1 aromatic heterocycles. The van der Waals surface area contributed by atoms with Gasteiger partial charge in [0.15, 0.2) is 5.78 Å². The highest BCUT2D eigenvalue weighted by atomic mass is 32.2. The molecular weight excluding hydrogens is 306 g/mol. The molecule has 0 fully saturated rings. The highest BCUT2D eigenvalue weighted by Crippen LogP contribution is 2.18. The van der Waals surface area contributed by atoms with E-state index in [9.17, 15) is 13.2 Å². The Kier molecular flexibility index (Phi) is 6.61. The van der Waals surface area contributed by atoms with E-state index in [1.807, 2.05) is 6.07 Å². The van der Waals surface area contributed by atoms with Crippen LogP contribution in [-0.4, -0.2) is 50.3 Å². The van der Waals surface area contributed by atoms with Gasteiger partial charge in [-0.25, -0.2) is 8.42 Å². The van der Waals surface area contributed by atoms with Crippen LogP contribution in [-0.2, 0) is 19.6 Å². The van der Waals surface area contributed by atoms with Crippen molar-refractivity contribution in [3.8, 4) is 6.07 Å². The molecular formula is C14H19N3O4S. The van der Waals surface area contributed by atoms with Crippen molar-refractivity contribution in [2.24, 2.45) is 0 Å². The molecule has 0 aliphatic carbocycles. The van der Waals surface area contributed by atoms with Crippen molar-refractivity contribution < 1.29 is 17.9 Å². The minimum Gasteiger partial charge on any atom is -0.377 e. The van der Waals surface area contributed by atoms with Crippen molar-refractivity contribution in [3.63, 3.8) is 0 Å². The molecule has 1 rings (SSSR count). The van der Waals surface area contributed by atoms with E-state index in [-0.39, 0.29) is 17.2 Å². The predicted molar refractivity (Wildman–Crippen MR) is 79.6 cm³/mol.